The monoisotopic (exact) mass is 310 g/mol. The number of hydrogen-bond acceptors (Lipinski definition) is 4. The Balaban J connectivity index is 3.94. The lowest BCUT2D eigenvalue weighted by atomic mass is 10.5. The fourth-order valence-corrected chi connectivity index (χ4v) is 1.77. The van der Waals surface area contributed by atoms with Crippen LogP contribution in [-0.4, -0.2) is 52.7 Å². The second-order valence-corrected chi connectivity index (χ2v) is 9.71. The van der Waals surface area contributed by atoms with Crippen molar-refractivity contribution in [2.45, 2.75) is 3.79 Å². The van der Waals surface area contributed by atoms with Crippen LogP contribution in [0.5, 0.6) is 0 Å². The third-order valence-electron chi connectivity index (χ3n) is 1.39. The van der Waals surface area contributed by atoms with Crippen molar-refractivity contribution < 1.29 is 14.6 Å². The number of nitrogens with zero attached hydrogens (tertiary/aromatic N) is 1. The first-order valence-electron chi connectivity index (χ1n) is 4.32. The van der Waals surface area contributed by atoms with Crippen molar-refractivity contribution in [3.63, 3.8) is 0 Å². The van der Waals surface area contributed by atoms with Gasteiger partial charge in [0.05, 0.1) is 20.2 Å². The summed E-state index contributed by atoms with van der Waals surface area (Å²) >= 11 is 16.2. The smallest absolute Gasteiger partial charge is 0.260 e. The normalized spacial score (nSPS) is 12.6. The zero-order valence-corrected chi connectivity index (χ0v) is 12.1. The quantitative estimate of drug-likeness (QED) is 0.351. The second kappa shape index (κ2) is 6.43. The molecule has 0 aliphatic rings. The number of hydrogen-bond donors (Lipinski definition) is 2. The average molecular weight is 312 g/mol. The van der Waals surface area contributed by atoms with Gasteiger partial charge in [-0.15, -0.1) is 0 Å². The Hall–Kier alpha value is 0.490. The molecule has 0 heterocycles. The van der Waals surface area contributed by atoms with Gasteiger partial charge in [-0.25, -0.2) is 5.06 Å². The van der Waals surface area contributed by atoms with Crippen molar-refractivity contribution in [2.24, 2.45) is 0 Å². The maximum absolute atomic E-state index is 11.3. The van der Waals surface area contributed by atoms with Gasteiger partial charge in [-0.3, -0.25) is 10.0 Å². The minimum absolute atomic E-state index is 0.164. The van der Waals surface area contributed by atoms with Crippen LogP contribution in [-0.2, 0) is 9.36 Å². The molecular weight excluding hydrogens is 297 g/mol. The standard InChI is InChI=1S/C7H14Cl3N2O3P/c1-16(2,15)5-11-3-6(13)12(14)4-7(8,9)10/h11,14H,3-5H2,1-2H3. The Morgan fingerprint density at radius 3 is 2.31 bits per heavy atom. The Morgan fingerprint density at radius 2 is 1.94 bits per heavy atom. The van der Waals surface area contributed by atoms with Crippen LogP contribution < -0.4 is 5.32 Å². The second-order valence-electron chi connectivity index (χ2n) is 3.73. The summed E-state index contributed by atoms with van der Waals surface area (Å²) in [4.78, 5) is 11.3. The largest absolute Gasteiger partial charge is 0.323 e. The van der Waals surface area contributed by atoms with Crippen molar-refractivity contribution in [1.82, 2.24) is 10.4 Å². The van der Waals surface area contributed by atoms with Gasteiger partial charge in [0.2, 0.25) is 3.79 Å². The Labute approximate surface area is 109 Å². The van der Waals surface area contributed by atoms with Gasteiger partial charge in [0.25, 0.3) is 5.91 Å². The number of alkyl halides is 3. The zero-order valence-electron chi connectivity index (χ0n) is 8.91. The first-order valence-corrected chi connectivity index (χ1v) is 8.24. The van der Waals surface area contributed by atoms with Gasteiger partial charge in [0.15, 0.2) is 0 Å². The van der Waals surface area contributed by atoms with Crippen molar-refractivity contribution in [1.29, 1.82) is 0 Å². The molecule has 9 heteroatoms. The highest BCUT2D eigenvalue weighted by Gasteiger charge is 2.26. The van der Waals surface area contributed by atoms with E-state index in [-0.39, 0.29) is 12.8 Å². The molecule has 0 saturated heterocycles. The van der Waals surface area contributed by atoms with E-state index in [9.17, 15) is 14.6 Å². The number of amides is 1. The molecule has 5 nitrogen and oxygen atoms in total. The van der Waals surface area contributed by atoms with Crippen LogP contribution in [0, 0.1) is 0 Å². The van der Waals surface area contributed by atoms with Gasteiger partial charge >= 0.3 is 0 Å². The SMILES string of the molecule is CP(C)(=O)CNCC(=O)N(O)CC(Cl)(Cl)Cl. The molecule has 1 amide bonds. The van der Waals surface area contributed by atoms with Crippen molar-refractivity contribution in [3.05, 3.63) is 0 Å². The maximum Gasteiger partial charge on any atom is 0.260 e. The third-order valence-corrected chi connectivity index (χ3v) is 2.73. The minimum Gasteiger partial charge on any atom is -0.323 e. The van der Waals surface area contributed by atoms with E-state index >= 15 is 0 Å². The molecule has 0 saturated carbocycles. The van der Waals surface area contributed by atoms with Gasteiger partial charge in [-0.2, -0.15) is 0 Å². The minimum atomic E-state index is -2.23. The van der Waals surface area contributed by atoms with Crippen LogP contribution in [0.1, 0.15) is 0 Å². The topological polar surface area (TPSA) is 69.6 Å². The Bertz CT molecular complexity index is 289. The summed E-state index contributed by atoms with van der Waals surface area (Å²) in [5.41, 5.74) is 0. The maximum atomic E-state index is 11.3. The Morgan fingerprint density at radius 1 is 1.44 bits per heavy atom. The van der Waals surface area contributed by atoms with Crippen LogP contribution in [0.25, 0.3) is 0 Å². The molecule has 0 fully saturated rings. The summed E-state index contributed by atoms with van der Waals surface area (Å²) in [7, 11) is -2.23. The van der Waals surface area contributed by atoms with E-state index in [1.54, 1.807) is 13.3 Å². The van der Waals surface area contributed by atoms with Crippen LogP contribution in [0.15, 0.2) is 0 Å². The molecule has 0 spiro atoms. The van der Waals surface area contributed by atoms with E-state index in [0.29, 0.717) is 5.06 Å². The zero-order chi connectivity index (χ0) is 13.0. The fraction of sp³-hybridized carbons (Fsp3) is 0.857. The molecule has 0 bridgehead atoms. The predicted molar refractivity (Wildman–Crippen MR) is 66.1 cm³/mol. The molecule has 16 heavy (non-hydrogen) atoms. The highest BCUT2D eigenvalue weighted by atomic mass is 35.6. The number of halogens is 3. The number of rotatable bonds is 5. The number of hydroxylamine groups is 2. The van der Waals surface area contributed by atoms with E-state index < -0.39 is 23.4 Å². The van der Waals surface area contributed by atoms with Gasteiger partial charge in [-0.05, 0) is 13.3 Å². The molecule has 96 valence electrons. The van der Waals surface area contributed by atoms with E-state index in [0.717, 1.165) is 0 Å². The van der Waals surface area contributed by atoms with Crippen LogP contribution >= 0.6 is 41.9 Å². The average Bonchev–Trinajstić information content (AvgIpc) is 1.98. The summed E-state index contributed by atoms with van der Waals surface area (Å²) in [6.07, 6.45) is 0.209. The van der Waals surface area contributed by atoms with E-state index in [1.165, 1.54) is 0 Å². The molecule has 0 atom stereocenters. The molecular formula is C7H14Cl3N2O3P. The van der Waals surface area contributed by atoms with Crippen molar-refractivity contribution in [2.75, 3.05) is 32.7 Å². The molecule has 0 radical (unpaired) electrons. The summed E-state index contributed by atoms with van der Waals surface area (Å²) in [5, 5.41) is 12.2. The summed E-state index contributed by atoms with van der Waals surface area (Å²) in [6, 6.07) is 0. The van der Waals surface area contributed by atoms with Gasteiger partial charge in [0.1, 0.15) is 0 Å². The van der Waals surface area contributed by atoms with Crippen LogP contribution in [0.3, 0.4) is 0 Å². The summed E-state index contributed by atoms with van der Waals surface area (Å²) in [6.45, 7) is 2.59. The molecule has 0 aromatic rings. The van der Waals surface area contributed by atoms with Crippen molar-refractivity contribution in [3.8, 4) is 0 Å². The molecule has 2 N–H and O–H groups in total. The number of carbonyl (C=O) groups excluding carboxylic acids is 1. The Kier molecular flexibility index (Phi) is 6.63. The molecule has 0 unspecified atom stereocenters. The van der Waals surface area contributed by atoms with E-state index in [1.807, 2.05) is 0 Å². The van der Waals surface area contributed by atoms with Gasteiger partial charge in [-0.1, -0.05) is 34.8 Å². The molecule has 0 aromatic heterocycles. The summed E-state index contributed by atoms with van der Waals surface area (Å²) < 4.78 is 9.55. The highest BCUT2D eigenvalue weighted by Crippen LogP contribution is 2.33. The van der Waals surface area contributed by atoms with E-state index in [2.05, 4.69) is 5.32 Å². The molecule has 0 aliphatic heterocycles. The third kappa shape index (κ3) is 9.70. The van der Waals surface area contributed by atoms with Crippen LogP contribution in [0.4, 0.5) is 0 Å². The summed E-state index contributed by atoms with van der Waals surface area (Å²) in [5.74, 6) is -0.653. The first-order chi connectivity index (χ1) is 7.01. The van der Waals surface area contributed by atoms with Gasteiger partial charge < -0.3 is 9.88 Å². The fourth-order valence-electron chi connectivity index (χ4n) is 0.781. The van der Waals surface area contributed by atoms with Gasteiger partial charge in [0, 0.05) is 6.29 Å². The van der Waals surface area contributed by atoms with E-state index in [4.69, 9.17) is 34.8 Å². The number of nitrogens with one attached hydrogen (secondary N) is 1. The lowest BCUT2D eigenvalue weighted by Crippen LogP contribution is -2.40. The van der Waals surface area contributed by atoms with Crippen molar-refractivity contribution >= 4 is 47.9 Å². The lowest BCUT2D eigenvalue weighted by Gasteiger charge is -2.20. The van der Waals surface area contributed by atoms with Crippen LogP contribution in [0.2, 0.25) is 0 Å². The first kappa shape index (κ1) is 16.5. The number of carbonyl (C=O) groups is 1. The molecule has 0 aromatic carbocycles. The molecule has 0 aliphatic carbocycles. The molecule has 0 rings (SSSR count). The highest BCUT2D eigenvalue weighted by molar-refractivity contribution is 7.62. The lowest BCUT2D eigenvalue weighted by molar-refractivity contribution is -0.163. The predicted octanol–water partition coefficient (Wildman–Crippen LogP) is 1.74.